The number of nitrogens with one attached hydrogen (secondary N) is 1. The van der Waals surface area contributed by atoms with E-state index >= 15 is 0 Å². The van der Waals surface area contributed by atoms with E-state index in [-0.39, 0.29) is 0 Å². The Morgan fingerprint density at radius 3 is 2.75 bits per heavy atom. The third-order valence-corrected chi connectivity index (χ3v) is 4.36. The van der Waals surface area contributed by atoms with Crippen LogP contribution in [0.2, 0.25) is 0 Å². The summed E-state index contributed by atoms with van der Waals surface area (Å²) in [5.41, 5.74) is 0.341. The highest BCUT2D eigenvalue weighted by Gasteiger charge is 2.45. The molecule has 2 rings (SSSR count). The van der Waals surface area contributed by atoms with Crippen molar-refractivity contribution < 1.29 is 0 Å². The molecule has 0 radical (unpaired) electrons. The van der Waals surface area contributed by atoms with Crippen molar-refractivity contribution in [3.63, 3.8) is 0 Å². The lowest BCUT2D eigenvalue weighted by molar-refractivity contribution is 0.0830. The lowest BCUT2D eigenvalue weighted by Gasteiger charge is -2.46. The Balaban J connectivity index is 2.02. The molecule has 0 spiro atoms. The molecule has 2 unspecified atom stereocenters. The first-order chi connectivity index (χ1) is 7.55. The predicted octanol–water partition coefficient (Wildman–Crippen LogP) is 2.75. The molecule has 1 saturated heterocycles. The Hall–Kier alpha value is 0.140. The summed E-state index contributed by atoms with van der Waals surface area (Å²) < 4.78 is 1.10. The molecule has 1 aliphatic carbocycles. The zero-order valence-electron chi connectivity index (χ0n) is 10.4. The van der Waals surface area contributed by atoms with E-state index < -0.39 is 0 Å². The largest absolute Gasteiger partial charge is 0.308 e. The molecule has 16 heavy (non-hydrogen) atoms. The summed E-state index contributed by atoms with van der Waals surface area (Å²) in [6, 6.07) is 0.668. The van der Waals surface area contributed by atoms with E-state index in [9.17, 15) is 0 Å². The predicted molar refractivity (Wildman–Crippen MR) is 72.9 cm³/mol. The Kier molecular flexibility index (Phi) is 3.77. The van der Waals surface area contributed by atoms with Gasteiger partial charge >= 0.3 is 0 Å². The van der Waals surface area contributed by atoms with Crippen LogP contribution in [0, 0.1) is 5.92 Å². The second-order valence-corrected chi connectivity index (χ2v) is 6.68. The van der Waals surface area contributed by atoms with Gasteiger partial charge in [-0.2, -0.15) is 0 Å². The third-order valence-electron chi connectivity index (χ3n) is 4.11. The molecule has 2 atom stereocenters. The summed E-state index contributed by atoms with van der Waals surface area (Å²) in [6.45, 7) is 11.9. The first kappa shape index (κ1) is 12.6. The van der Waals surface area contributed by atoms with Gasteiger partial charge in [0.05, 0.1) is 0 Å². The van der Waals surface area contributed by atoms with Crippen LogP contribution in [-0.4, -0.2) is 36.1 Å². The van der Waals surface area contributed by atoms with Gasteiger partial charge in [0.2, 0.25) is 0 Å². The quantitative estimate of drug-likeness (QED) is 0.855. The second-order valence-electron chi connectivity index (χ2n) is 5.56. The molecule has 1 heterocycles. The minimum absolute atomic E-state index is 0.341. The number of nitrogens with zero attached hydrogens (tertiary/aromatic N) is 1. The monoisotopic (exact) mass is 286 g/mol. The smallest absolute Gasteiger partial charge is 0.0309 e. The van der Waals surface area contributed by atoms with E-state index in [0.717, 1.165) is 23.5 Å². The van der Waals surface area contributed by atoms with Crippen molar-refractivity contribution in [3.8, 4) is 0 Å². The molecular weight excluding hydrogens is 264 g/mol. The van der Waals surface area contributed by atoms with E-state index in [1.807, 2.05) is 0 Å². The highest BCUT2D eigenvalue weighted by atomic mass is 79.9. The summed E-state index contributed by atoms with van der Waals surface area (Å²) in [7, 11) is 0. The molecule has 2 nitrogen and oxygen atoms in total. The van der Waals surface area contributed by atoms with Crippen LogP contribution in [0.1, 0.15) is 33.1 Å². The fraction of sp³-hybridized carbons (Fsp3) is 0.846. The van der Waals surface area contributed by atoms with Crippen molar-refractivity contribution in [2.24, 2.45) is 5.92 Å². The zero-order chi connectivity index (χ0) is 11.8. The van der Waals surface area contributed by atoms with E-state index in [2.05, 4.69) is 46.6 Å². The van der Waals surface area contributed by atoms with Gasteiger partial charge in [0.1, 0.15) is 0 Å². The number of halogens is 1. The minimum atomic E-state index is 0.341. The van der Waals surface area contributed by atoms with Crippen LogP contribution >= 0.6 is 15.9 Å². The van der Waals surface area contributed by atoms with Gasteiger partial charge < -0.3 is 5.32 Å². The Labute approximate surface area is 108 Å². The Bertz CT molecular complexity index is 275. The molecule has 0 bridgehead atoms. The van der Waals surface area contributed by atoms with Crippen molar-refractivity contribution in [2.75, 3.05) is 19.6 Å². The maximum absolute atomic E-state index is 3.98. The molecule has 3 heteroatoms. The zero-order valence-corrected chi connectivity index (χ0v) is 12.0. The Morgan fingerprint density at radius 1 is 1.56 bits per heavy atom. The van der Waals surface area contributed by atoms with Gasteiger partial charge in [-0.25, -0.2) is 0 Å². The first-order valence-electron chi connectivity index (χ1n) is 6.37. The van der Waals surface area contributed by atoms with Crippen molar-refractivity contribution in [1.29, 1.82) is 0 Å². The molecule has 0 aromatic heterocycles. The van der Waals surface area contributed by atoms with Crippen LogP contribution in [0.5, 0.6) is 0 Å². The van der Waals surface area contributed by atoms with Gasteiger partial charge in [-0.3, -0.25) is 4.90 Å². The van der Waals surface area contributed by atoms with Gasteiger partial charge in [0.15, 0.2) is 0 Å². The maximum atomic E-state index is 3.98. The van der Waals surface area contributed by atoms with Gasteiger partial charge in [0.25, 0.3) is 0 Å². The first-order valence-corrected chi connectivity index (χ1v) is 7.17. The second kappa shape index (κ2) is 4.79. The van der Waals surface area contributed by atoms with E-state index in [4.69, 9.17) is 0 Å². The minimum Gasteiger partial charge on any atom is -0.308 e. The SMILES string of the molecule is C=C(Br)CN1CC(C)(C2CC2)NCC1CC. The van der Waals surface area contributed by atoms with Gasteiger partial charge in [-0.1, -0.05) is 29.4 Å². The van der Waals surface area contributed by atoms with Crippen LogP contribution < -0.4 is 5.32 Å². The van der Waals surface area contributed by atoms with E-state index in [0.29, 0.717) is 11.6 Å². The molecule has 92 valence electrons. The van der Waals surface area contributed by atoms with Crippen LogP contribution in [0.3, 0.4) is 0 Å². The van der Waals surface area contributed by atoms with Crippen LogP contribution in [-0.2, 0) is 0 Å². The van der Waals surface area contributed by atoms with Gasteiger partial charge in [-0.05, 0) is 32.1 Å². The highest BCUT2D eigenvalue weighted by molar-refractivity contribution is 9.11. The Morgan fingerprint density at radius 2 is 2.25 bits per heavy atom. The molecule has 1 saturated carbocycles. The number of hydrogen-bond acceptors (Lipinski definition) is 2. The fourth-order valence-corrected chi connectivity index (χ4v) is 3.21. The maximum Gasteiger partial charge on any atom is 0.0309 e. The molecule has 1 aliphatic heterocycles. The molecule has 2 fully saturated rings. The van der Waals surface area contributed by atoms with Crippen LogP contribution in [0.4, 0.5) is 0 Å². The van der Waals surface area contributed by atoms with Crippen molar-refractivity contribution in [1.82, 2.24) is 10.2 Å². The molecule has 2 aliphatic rings. The van der Waals surface area contributed by atoms with Crippen molar-refractivity contribution in [3.05, 3.63) is 11.1 Å². The standard InChI is InChI=1S/C13H23BrN2/c1-4-12-7-15-13(3,11-5-6-11)9-16(12)8-10(2)14/h11-12,15H,2,4-9H2,1,3H3. The average Bonchev–Trinajstić information content (AvgIpc) is 3.00. The molecule has 0 aromatic carbocycles. The van der Waals surface area contributed by atoms with Gasteiger partial charge in [-0.15, -0.1) is 0 Å². The normalized spacial score (nSPS) is 36.3. The summed E-state index contributed by atoms with van der Waals surface area (Å²) >= 11 is 3.50. The van der Waals surface area contributed by atoms with Gasteiger partial charge in [0, 0.05) is 35.7 Å². The lowest BCUT2D eigenvalue weighted by atomic mass is 9.90. The van der Waals surface area contributed by atoms with Crippen LogP contribution in [0.25, 0.3) is 0 Å². The van der Waals surface area contributed by atoms with Crippen molar-refractivity contribution >= 4 is 15.9 Å². The number of piperazine rings is 1. The summed E-state index contributed by atoms with van der Waals surface area (Å²) in [6.07, 6.45) is 4.03. The molecular formula is C13H23BrN2. The van der Waals surface area contributed by atoms with Crippen LogP contribution in [0.15, 0.2) is 11.1 Å². The topological polar surface area (TPSA) is 15.3 Å². The lowest BCUT2D eigenvalue weighted by Crippen LogP contribution is -2.63. The molecule has 1 N–H and O–H groups in total. The fourth-order valence-electron chi connectivity index (χ4n) is 2.89. The van der Waals surface area contributed by atoms with E-state index in [1.165, 1.54) is 25.8 Å². The number of rotatable bonds is 4. The summed E-state index contributed by atoms with van der Waals surface area (Å²) in [5.74, 6) is 0.899. The highest BCUT2D eigenvalue weighted by Crippen LogP contribution is 2.41. The van der Waals surface area contributed by atoms with Crippen molar-refractivity contribution in [2.45, 2.75) is 44.7 Å². The average molecular weight is 287 g/mol. The summed E-state index contributed by atoms with van der Waals surface area (Å²) in [5, 5.41) is 3.78. The number of hydrogen-bond donors (Lipinski definition) is 1. The third kappa shape index (κ3) is 2.69. The molecule has 0 aromatic rings. The molecule has 0 amide bonds. The van der Waals surface area contributed by atoms with E-state index in [1.54, 1.807) is 0 Å². The summed E-state index contributed by atoms with van der Waals surface area (Å²) in [4.78, 5) is 2.59.